The summed E-state index contributed by atoms with van der Waals surface area (Å²) in [4.78, 5) is 4.02. The molecule has 1 heterocycles. The Hall–Kier alpha value is -2.36. The van der Waals surface area contributed by atoms with E-state index in [-0.39, 0.29) is 0 Å². The first-order valence-electron chi connectivity index (χ1n) is 7.86. The van der Waals surface area contributed by atoms with Gasteiger partial charge in [0.1, 0.15) is 12.4 Å². The van der Waals surface area contributed by atoms with E-state index in [2.05, 4.69) is 22.4 Å². The van der Waals surface area contributed by atoms with Crippen molar-refractivity contribution in [2.45, 2.75) is 19.7 Å². The van der Waals surface area contributed by atoms with Crippen LogP contribution in [0.2, 0.25) is 5.02 Å². The molecule has 0 amide bonds. The summed E-state index contributed by atoms with van der Waals surface area (Å²) >= 11 is 6.15. The van der Waals surface area contributed by atoms with Crippen LogP contribution in [-0.4, -0.2) is 4.98 Å². The molecule has 0 bridgehead atoms. The number of nitrogens with zero attached hydrogens (tertiary/aromatic N) is 1. The SMILES string of the molecule is Clc1ccccc1COc1cccc(CNCc2ccncc2)c1. The van der Waals surface area contributed by atoms with Crippen molar-refractivity contribution >= 4 is 11.6 Å². The third-order valence-corrected chi connectivity index (χ3v) is 4.03. The number of pyridine rings is 1. The van der Waals surface area contributed by atoms with Crippen LogP contribution in [0.15, 0.2) is 73.1 Å². The lowest BCUT2D eigenvalue weighted by Crippen LogP contribution is -2.12. The molecule has 0 saturated heterocycles. The van der Waals surface area contributed by atoms with Gasteiger partial charge < -0.3 is 10.1 Å². The van der Waals surface area contributed by atoms with Gasteiger partial charge in [0.15, 0.2) is 0 Å². The largest absolute Gasteiger partial charge is 0.489 e. The molecule has 2 aromatic carbocycles. The summed E-state index contributed by atoms with van der Waals surface area (Å²) in [5.74, 6) is 0.845. The van der Waals surface area contributed by atoms with Gasteiger partial charge >= 0.3 is 0 Å². The van der Waals surface area contributed by atoms with Crippen molar-refractivity contribution in [2.24, 2.45) is 0 Å². The van der Waals surface area contributed by atoms with E-state index in [4.69, 9.17) is 16.3 Å². The van der Waals surface area contributed by atoms with Crippen LogP contribution in [0.4, 0.5) is 0 Å². The molecule has 0 spiro atoms. The Morgan fingerprint density at radius 2 is 1.67 bits per heavy atom. The van der Waals surface area contributed by atoms with Gasteiger partial charge in [0.2, 0.25) is 0 Å². The molecular formula is C20H19ClN2O. The Bertz CT molecular complexity index is 777. The van der Waals surface area contributed by atoms with Crippen molar-refractivity contribution in [3.63, 3.8) is 0 Å². The average molecular weight is 339 g/mol. The maximum absolute atomic E-state index is 6.15. The monoisotopic (exact) mass is 338 g/mol. The molecule has 24 heavy (non-hydrogen) atoms. The number of halogens is 1. The number of hydrogen-bond donors (Lipinski definition) is 1. The molecule has 0 unspecified atom stereocenters. The minimum Gasteiger partial charge on any atom is -0.489 e. The fourth-order valence-electron chi connectivity index (χ4n) is 2.37. The molecule has 0 fully saturated rings. The quantitative estimate of drug-likeness (QED) is 0.683. The van der Waals surface area contributed by atoms with Gasteiger partial charge in [-0.2, -0.15) is 0 Å². The Morgan fingerprint density at radius 1 is 0.875 bits per heavy atom. The van der Waals surface area contributed by atoms with Crippen molar-refractivity contribution in [1.29, 1.82) is 0 Å². The predicted octanol–water partition coefficient (Wildman–Crippen LogP) is 4.60. The molecule has 1 N–H and O–H groups in total. The molecule has 3 aromatic rings. The van der Waals surface area contributed by atoms with Crippen molar-refractivity contribution in [2.75, 3.05) is 0 Å². The number of hydrogen-bond acceptors (Lipinski definition) is 3. The maximum atomic E-state index is 6.15. The van der Waals surface area contributed by atoms with Crippen LogP contribution in [0.3, 0.4) is 0 Å². The molecule has 0 saturated carbocycles. The van der Waals surface area contributed by atoms with Crippen molar-refractivity contribution < 1.29 is 4.74 Å². The highest BCUT2D eigenvalue weighted by atomic mass is 35.5. The van der Waals surface area contributed by atoms with E-state index in [1.54, 1.807) is 12.4 Å². The highest BCUT2D eigenvalue weighted by molar-refractivity contribution is 6.31. The number of rotatable bonds is 7. The van der Waals surface area contributed by atoms with Crippen LogP contribution >= 0.6 is 11.6 Å². The Kier molecular flexibility index (Phi) is 5.83. The smallest absolute Gasteiger partial charge is 0.120 e. The second-order valence-electron chi connectivity index (χ2n) is 5.49. The average Bonchev–Trinajstić information content (AvgIpc) is 2.62. The summed E-state index contributed by atoms with van der Waals surface area (Å²) in [6.07, 6.45) is 3.61. The zero-order valence-electron chi connectivity index (χ0n) is 13.3. The Labute approximate surface area is 147 Å². The fourth-order valence-corrected chi connectivity index (χ4v) is 2.56. The summed E-state index contributed by atoms with van der Waals surface area (Å²) in [5.41, 5.74) is 3.39. The third kappa shape index (κ3) is 4.82. The molecule has 0 atom stereocenters. The topological polar surface area (TPSA) is 34.1 Å². The van der Waals surface area contributed by atoms with Gasteiger partial charge in [-0.05, 0) is 41.5 Å². The molecule has 1 aromatic heterocycles. The highest BCUT2D eigenvalue weighted by Crippen LogP contribution is 2.19. The molecule has 0 aliphatic heterocycles. The van der Waals surface area contributed by atoms with Gasteiger partial charge in [-0.3, -0.25) is 4.98 Å². The van der Waals surface area contributed by atoms with Crippen molar-refractivity contribution in [1.82, 2.24) is 10.3 Å². The van der Waals surface area contributed by atoms with Gasteiger partial charge in [-0.1, -0.05) is 41.9 Å². The first-order chi connectivity index (χ1) is 11.8. The molecule has 0 radical (unpaired) electrons. The lowest BCUT2D eigenvalue weighted by Gasteiger charge is -2.10. The van der Waals surface area contributed by atoms with Gasteiger partial charge in [-0.25, -0.2) is 0 Å². The fraction of sp³-hybridized carbons (Fsp3) is 0.150. The van der Waals surface area contributed by atoms with Crippen LogP contribution in [-0.2, 0) is 19.7 Å². The van der Waals surface area contributed by atoms with Crippen LogP contribution in [0.1, 0.15) is 16.7 Å². The van der Waals surface area contributed by atoms with E-state index in [1.807, 2.05) is 48.5 Å². The standard InChI is InChI=1S/C20H19ClN2O/c21-20-7-2-1-5-18(20)15-24-19-6-3-4-17(12-19)14-23-13-16-8-10-22-11-9-16/h1-12,23H,13-15H2. The minimum atomic E-state index is 0.466. The van der Waals surface area contributed by atoms with Gasteiger partial charge in [-0.15, -0.1) is 0 Å². The number of benzene rings is 2. The molecule has 0 aliphatic rings. The first-order valence-corrected chi connectivity index (χ1v) is 8.24. The predicted molar refractivity (Wildman–Crippen MR) is 97.0 cm³/mol. The molecular weight excluding hydrogens is 320 g/mol. The molecule has 122 valence electrons. The van der Waals surface area contributed by atoms with E-state index >= 15 is 0 Å². The van der Waals surface area contributed by atoms with E-state index in [0.29, 0.717) is 6.61 Å². The normalized spacial score (nSPS) is 10.5. The number of ether oxygens (including phenoxy) is 1. The second-order valence-corrected chi connectivity index (χ2v) is 5.89. The maximum Gasteiger partial charge on any atom is 0.120 e. The van der Waals surface area contributed by atoms with Gasteiger partial charge in [0, 0.05) is 36.1 Å². The van der Waals surface area contributed by atoms with E-state index in [1.165, 1.54) is 11.1 Å². The van der Waals surface area contributed by atoms with Crippen molar-refractivity contribution in [3.8, 4) is 5.75 Å². The van der Waals surface area contributed by atoms with Crippen LogP contribution in [0.5, 0.6) is 5.75 Å². The molecule has 3 nitrogen and oxygen atoms in total. The summed E-state index contributed by atoms with van der Waals surface area (Å²) in [6.45, 7) is 2.06. The summed E-state index contributed by atoms with van der Waals surface area (Å²) in [6, 6.07) is 19.9. The van der Waals surface area contributed by atoms with Gasteiger partial charge in [0.05, 0.1) is 0 Å². The van der Waals surface area contributed by atoms with Crippen LogP contribution in [0, 0.1) is 0 Å². The first kappa shape index (κ1) is 16.5. The third-order valence-electron chi connectivity index (χ3n) is 3.66. The summed E-state index contributed by atoms with van der Waals surface area (Å²) in [7, 11) is 0. The minimum absolute atomic E-state index is 0.466. The summed E-state index contributed by atoms with van der Waals surface area (Å²) in [5, 5.41) is 4.15. The number of nitrogens with one attached hydrogen (secondary N) is 1. The van der Waals surface area contributed by atoms with E-state index in [0.717, 1.165) is 29.4 Å². The van der Waals surface area contributed by atoms with Gasteiger partial charge in [0.25, 0.3) is 0 Å². The Balaban J connectivity index is 1.53. The molecule has 0 aliphatic carbocycles. The lowest BCUT2D eigenvalue weighted by atomic mass is 10.2. The van der Waals surface area contributed by atoms with E-state index in [9.17, 15) is 0 Å². The lowest BCUT2D eigenvalue weighted by molar-refractivity contribution is 0.306. The van der Waals surface area contributed by atoms with Crippen molar-refractivity contribution in [3.05, 3.63) is 94.8 Å². The summed E-state index contributed by atoms with van der Waals surface area (Å²) < 4.78 is 5.86. The van der Waals surface area contributed by atoms with Crippen LogP contribution < -0.4 is 10.1 Å². The van der Waals surface area contributed by atoms with Crippen LogP contribution in [0.25, 0.3) is 0 Å². The number of aromatic nitrogens is 1. The Morgan fingerprint density at radius 3 is 2.50 bits per heavy atom. The zero-order chi connectivity index (χ0) is 16.6. The highest BCUT2D eigenvalue weighted by Gasteiger charge is 2.02. The van der Waals surface area contributed by atoms with E-state index < -0.39 is 0 Å². The second kappa shape index (κ2) is 8.48. The molecule has 4 heteroatoms. The zero-order valence-corrected chi connectivity index (χ0v) is 14.0. The molecule has 3 rings (SSSR count).